The minimum absolute atomic E-state index is 0.0235. The Morgan fingerprint density at radius 3 is 2.38 bits per heavy atom. The Hall–Kier alpha value is -4.53. The number of pyridine rings is 1. The topological polar surface area (TPSA) is 88.1 Å². The summed E-state index contributed by atoms with van der Waals surface area (Å²) in [4.78, 5) is 16.7. The second-order valence-electron chi connectivity index (χ2n) is 8.11. The molecule has 0 spiro atoms. The van der Waals surface area contributed by atoms with Crippen LogP contribution in [-0.4, -0.2) is 38.5 Å². The number of carbonyl (C=O) groups is 1. The van der Waals surface area contributed by atoms with Gasteiger partial charge in [-0.15, -0.1) is 0 Å². The van der Waals surface area contributed by atoms with Gasteiger partial charge >= 0.3 is 6.09 Å². The fourth-order valence-electron chi connectivity index (χ4n) is 3.68. The average Bonchev–Trinajstić information content (AvgIpc) is 2.89. The molecule has 0 aliphatic heterocycles. The highest BCUT2D eigenvalue weighted by molar-refractivity contribution is 5.89. The maximum atomic E-state index is 13.6. The lowest BCUT2D eigenvalue weighted by atomic mass is 10.1. The van der Waals surface area contributed by atoms with Gasteiger partial charge in [-0.3, -0.25) is 10.3 Å². The van der Waals surface area contributed by atoms with Crippen LogP contribution in [0.3, 0.4) is 0 Å². The summed E-state index contributed by atoms with van der Waals surface area (Å²) < 4.78 is 41.1. The fraction of sp³-hybridized carbons (Fsp3) is 0.214. The van der Waals surface area contributed by atoms with E-state index in [2.05, 4.69) is 10.3 Å². The summed E-state index contributed by atoms with van der Waals surface area (Å²) in [6, 6.07) is 15.1. The molecule has 0 radical (unpaired) electrons. The van der Waals surface area contributed by atoms with Crippen LogP contribution in [0.25, 0.3) is 10.9 Å². The van der Waals surface area contributed by atoms with Crippen LogP contribution in [0.5, 0.6) is 28.7 Å². The van der Waals surface area contributed by atoms with Crippen LogP contribution in [0.1, 0.15) is 11.1 Å². The van der Waals surface area contributed by atoms with Gasteiger partial charge in [0, 0.05) is 23.3 Å². The number of halogens is 1. The minimum Gasteiger partial charge on any atom is -0.493 e. The lowest BCUT2D eigenvalue weighted by molar-refractivity contribution is 0.136. The number of anilines is 1. The van der Waals surface area contributed by atoms with Crippen molar-refractivity contribution in [3.63, 3.8) is 0 Å². The van der Waals surface area contributed by atoms with Gasteiger partial charge in [-0.05, 0) is 61.4 Å². The third-order valence-electron chi connectivity index (χ3n) is 5.60. The molecule has 0 aliphatic carbocycles. The number of methoxy groups -OCH3 is 2. The standard InChI is InChI=1S/C28H27FN2O6/c1-17-14-25(37-23-9-10-30-22-16-27(34-4)26(33-3)15-19(22)23)18(2)13-21(17)31-28(32)36-12-11-35-24-8-6-5-7-20(24)29/h5-10,13-16H,11-12H2,1-4H3,(H,31,32). The lowest BCUT2D eigenvalue weighted by Crippen LogP contribution is -2.18. The van der Waals surface area contributed by atoms with Crippen molar-refractivity contribution in [2.75, 3.05) is 32.8 Å². The zero-order valence-electron chi connectivity index (χ0n) is 21.0. The van der Waals surface area contributed by atoms with Crippen molar-refractivity contribution in [3.05, 3.63) is 77.7 Å². The molecule has 37 heavy (non-hydrogen) atoms. The second kappa shape index (κ2) is 11.5. The highest BCUT2D eigenvalue weighted by atomic mass is 19.1. The average molecular weight is 507 g/mol. The first kappa shape index (κ1) is 25.6. The van der Waals surface area contributed by atoms with E-state index in [0.717, 1.165) is 16.5 Å². The van der Waals surface area contributed by atoms with Crippen LogP contribution in [-0.2, 0) is 4.74 Å². The summed E-state index contributed by atoms with van der Waals surface area (Å²) >= 11 is 0. The van der Waals surface area contributed by atoms with Gasteiger partial charge in [-0.25, -0.2) is 9.18 Å². The van der Waals surface area contributed by atoms with Crippen LogP contribution in [0.2, 0.25) is 0 Å². The summed E-state index contributed by atoms with van der Waals surface area (Å²) in [5.41, 5.74) is 2.85. The van der Waals surface area contributed by atoms with E-state index in [1.54, 1.807) is 50.7 Å². The first-order valence-electron chi connectivity index (χ1n) is 11.5. The Morgan fingerprint density at radius 1 is 0.865 bits per heavy atom. The molecule has 1 aromatic heterocycles. The molecular formula is C28H27FN2O6. The van der Waals surface area contributed by atoms with E-state index in [1.807, 2.05) is 26.0 Å². The normalized spacial score (nSPS) is 10.6. The summed E-state index contributed by atoms with van der Waals surface area (Å²) in [7, 11) is 3.14. The number of amides is 1. The number of nitrogens with one attached hydrogen (secondary N) is 1. The molecule has 0 atom stereocenters. The zero-order valence-corrected chi connectivity index (χ0v) is 21.0. The molecule has 4 rings (SSSR count). The molecule has 0 aliphatic rings. The third-order valence-corrected chi connectivity index (χ3v) is 5.60. The zero-order chi connectivity index (χ0) is 26.4. The van der Waals surface area contributed by atoms with Crippen LogP contribution < -0.4 is 24.3 Å². The molecule has 0 saturated carbocycles. The highest BCUT2D eigenvalue weighted by Crippen LogP contribution is 2.38. The van der Waals surface area contributed by atoms with Gasteiger partial charge in [-0.1, -0.05) is 12.1 Å². The quantitative estimate of drug-likeness (QED) is 0.262. The minimum atomic E-state index is -0.644. The number of aromatic nitrogens is 1. The van der Waals surface area contributed by atoms with E-state index < -0.39 is 11.9 Å². The van der Waals surface area contributed by atoms with Crippen molar-refractivity contribution >= 4 is 22.7 Å². The number of fused-ring (bicyclic) bond motifs is 1. The largest absolute Gasteiger partial charge is 0.493 e. The Morgan fingerprint density at radius 2 is 1.62 bits per heavy atom. The maximum absolute atomic E-state index is 13.6. The van der Waals surface area contributed by atoms with Gasteiger partial charge in [-0.2, -0.15) is 0 Å². The molecule has 0 unspecified atom stereocenters. The number of nitrogens with zero attached hydrogens (tertiary/aromatic N) is 1. The number of ether oxygens (including phenoxy) is 5. The summed E-state index contributed by atoms with van der Waals surface area (Å²) in [6.45, 7) is 3.71. The molecule has 0 bridgehead atoms. The van der Waals surface area contributed by atoms with Crippen molar-refractivity contribution in [1.82, 2.24) is 4.98 Å². The van der Waals surface area contributed by atoms with Crippen LogP contribution in [0.4, 0.5) is 14.9 Å². The lowest BCUT2D eigenvalue weighted by Gasteiger charge is -2.16. The number of para-hydroxylation sites is 1. The van der Waals surface area contributed by atoms with Gasteiger partial charge in [0.15, 0.2) is 23.1 Å². The van der Waals surface area contributed by atoms with E-state index in [-0.39, 0.29) is 19.0 Å². The monoisotopic (exact) mass is 506 g/mol. The smallest absolute Gasteiger partial charge is 0.411 e. The van der Waals surface area contributed by atoms with E-state index in [0.29, 0.717) is 34.2 Å². The van der Waals surface area contributed by atoms with Crippen molar-refractivity contribution < 1.29 is 32.9 Å². The Labute approximate surface area is 213 Å². The van der Waals surface area contributed by atoms with Crippen molar-refractivity contribution in [3.8, 4) is 28.7 Å². The number of carbonyl (C=O) groups excluding carboxylic acids is 1. The Kier molecular flexibility index (Phi) is 7.92. The molecule has 9 heteroatoms. The molecule has 192 valence electrons. The van der Waals surface area contributed by atoms with Gasteiger partial charge in [0.2, 0.25) is 0 Å². The van der Waals surface area contributed by atoms with Gasteiger partial charge in [0.05, 0.1) is 19.7 Å². The van der Waals surface area contributed by atoms with Crippen molar-refractivity contribution in [2.45, 2.75) is 13.8 Å². The maximum Gasteiger partial charge on any atom is 0.411 e. The van der Waals surface area contributed by atoms with Crippen LogP contribution >= 0.6 is 0 Å². The van der Waals surface area contributed by atoms with E-state index in [1.165, 1.54) is 12.1 Å². The number of benzene rings is 3. The molecule has 1 heterocycles. The first-order chi connectivity index (χ1) is 17.9. The van der Waals surface area contributed by atoms with E-state index in [9.17, 15) is 9.18 Å². The highest BCUT2D eigenvalue weighted by Gasteiger charge is 2.14. The SMILES string of the molecule is COc1cc2nccc(Oc3cc(C)c(NC(=O)OCCOc4ccccc4F)cc3C)c2cc1OC. The molecule has 0 saturated heterocycles. The van der Waals surface area contributed by atoms with Gasteiger partial charge in [0.25, 0.3) is 0 Å². The molecule has 0 fully saturated rings. The molecule has 1 amide bonds. The number of aryl methyl sites for hydroxylation is 2. The summed E-state index contributed by atoms with van der Waals surface area (Å²) in [5.74, 6) is 2.00. The van der Waals surface area contributed by atoms with Crippen LogP contribution in [0, 0.1) is 19.7 Å². The number of hydrogen-bond acceptors (Lipinski definition) is 7. The third kappa shape index (κ3) is 6.00. The van der Waals surface area contributed by atoms with Crippen molar-refractivity contribution in [1.29, 1.82) is 0 Å². The second-order valence-corrected chi connectivity index (χ2v) is 8.11. The Bertz CT molecular complexity index is 1430. The summed E-state index contributed by atoms with van der Waals surface area (Å²) in [5, 5.41) is 3.49. The fourth-order valence-corrected chi connectivity index (χ4v) is 3.68. The van der Waals surface area contributed by atoms with Crippen LogP contribution in [0.15, 0.2) is 60.8 Å². The number of rotatable bonds is 9. The van der Waals surface area contributed by atoms with Gasteiger partial charge < -0.3 is 23.7 Å². The predicted molar refractivity (Wildman–Crippen MR) is 138 cm³/mol. The van der Waals surface area contributed by atoms with Crippen molar-refractivity contribution in [2.24, 2.45) is 0 Å². The predicted octanol–water partition coefficient (Wildman–Crippen LogP) is 6.43. The van der Waals surface area contributed by atoms with E-state index in [4.69, 9.17) is 23.7 Å². The molecule has 4 aromatic rings. The first-order valence-corrected chi connectivity index (χ1v) is 11.5. The van der Waals surface area contributed by atoms with E-state index >= 15 is 0 Å². The summed E-state index contributed by atoms with van der Waals surface area (Å²) in [6.07, 6.45) is 1.02. The Balaban J connectivity index is 1.42. The molecule has 3 aromatic carbocycles. The van der Waals surface area contributed by atoms with Gasteiger partial charge in [0.1, 0.15) is 24.7 Å². The molecular weight excluding hydrogens is 479 g/mol. The number of hydrogen-bond donors (Lipinski definition) is 1. The molecule has 8 nitrogen and oxygen atoms in total. The molecule has 1 N–H and O–H groups in total.